The number of ether oxygens (including phenoxy) is 1. The summed E-state index contributed by atoms with van der Waals surface area (Å²) in [7, 11) is 3.75. The van der Waals surface area contributed by atoms with E-state index in [2.05, 4.69) is 29.2 Å². The van der Waals surface area contributed by atoms with Crippen molar-refractivity contribution in [1.82, 2.24) is 15.2 Å². The van der Waals surface area contributed by atoms with E-state index >= 15 is 0 Å². The fourth-order valence-corrected chi connectivity index (χ4v) is 1.31. The predicted molar refractivity (Wildman–Crippen MR) is 65.7 cm³/mol. The first-order valence-corrected chi connectivity index (χ1v) is 5.65. The summed E-state index contributed by atoms with van der Waals surface area (Å²) < 4.78 is 5.07. The highest BCUT2D eigenvalue weighted by Gasteiger charge is 1.98. The molecule has 0 aliphatic rings. The zero-order valence-electron chi connectivity index (χ0n) is 10.4. The third kappa shape index (κ3) is 4.59. The van der Waals surface area contributed by atoms with E-state index in [-0.39, 0.29) is 0 Å². The fourth-order valence-electron chi connectivity index (χ4n) is 1.31. The first-order chi connectivity index (χ1) is 7.76. The molecular weight excluding hydrogens is 202 g/mol. The number of hydrogen-bond acceptors (Lipinski definition) is 4. The minimum atomic E-state index is 0.671. The van der Waals surface area contributed by atoms with Crippen LogP contribution in [0.15, 0.2) is 18.2 Å². The molecule has 1 aromatic heterocycles. The van der Waals surface area contributed by atoms with Crippen molar-refractivity contribution in [2.75, 3.05) is 33.8 Å². The summed E-state index contributed by atoms with van der Waals surface area (Å²) in [5, 5.41) is 3.36. The van der Waals surface area contributed by atoms with Crippen LogP contribution in [0.1, 0.15) is 12.6 Å². The van der Waals surface area contributed by atoms with Gasteiger partial charge in [0.25, 0.3) is 0 Å². The molecule has 0 aliphatic heterocycles. The number of nitrogens with one attached hydrogen (secondary N) is 1. The average Bonchev–Trinajstić information content (AvgIpc) is 2.34. The van der Waals surface area contributed by atoms with E-state index in [1.807, 2.05) is 18.2 Å². The van der Waals surface area contributed by atoms with Gasteiger partial charge in [-0.15, -0.1) is 0 Å². The van der Waals surface area contributed by atoms with Crippen LogP contribution in [-0.2, 0) is 6.54 Å². The largest absolute Gasteiger partial charge is 0.481 e. The normalized spacial score (nSPS) is 10.8. The van der Waals surface area contributed by atoms with E-state index < -0.39 is 0 Å². The highest BCUT2D eigenvalue weighted by atomic mass is 16.5. The zero-order chi connectivity index (χ0) is 11.8. The Morgan fingerprint density at radius 2 is 2.25 bits per heavy atom. The summed E-state index contributed by atoms with van der Waals surface area (Å²) in [4.78, 5) is 6.60. The van der Waals surface area contributed by atoms with E-state index in [0.717, 1.165) is 31.9 Å². The molecule has 0 saturated carbocycles. The standard InChI is InChI=1S/C12H21N3O/c1-4-15(2)9-8-13-10-11-6-5-7-12(14-11)16-3/h5-7,13H,4,8-10H2,1-3H3. The Bertz CT molecular complexity index is 304. The Hall–Kier alpha value is -1.13. The number of aromatic nitrogens is 1. The van der Waals surface area contributed by atoms with Gasteiger partial charge in [0.1, 0.15) is 0 Å². The van der Waals surface area contributed by atoms with Crippen LogP contribution in [0.3, 0.4) is 0 Å². The molecule has 0 spiro atoms. The molecule has 0 unspecified atom stereocenters. The Morgan fingerprint density at radius 3 is 2.94 bits per heavy atom. The maximum absolute atomic E-state index is 5.07. The lowest BCUT2D eigenvalue weighted by Gasteiger charge is -2.13. The quantitative estimate of drug-likeness (QED) is 0.703. The first kappa shape index (κ1) is 12.9. The third-order valence-corrected chi connectivity index (χ3v) is 2.51. The molecule has 0 saturated heterocycles. The molecule has 1 heterocycles. The number of nitrogens with zero attached hydrogens (tertiary/aromatic N) is 2. The summed E-state index contributed by atoms with van der Waals surface area (Å²) >= 11 is 0. The lowest BCUT2D eigenvalue weighted by atomic mass is 10.3. The third-order valence-electron chi connectivity index (χ3n) is 2.51. The highest BCUT2D eigenvalue weighted by molar-refractivity contribution is 5.15. The second kappa shape index (κ2) is 7.19. The van der Waals surface area contributed by atoms with Crippen molar-refractivity contribution >= 4 is 0 Å². The molecule has 0 aliphatic carbocycles. The second-order valence-corrected chi connectivity index (χ2v) is 3.74. The molecule has 1 N–H and O–H groups in total. The van der Waals surface area contributed by atoms with Gasteiger partial charge in [0.05, 0.1) is 12.8 Å². The van der Waals surface area contributed by atoms with Gasteiger partial charge < -0.3 is 15.0 Å². The molecule has 4 nitrogen and oxygen atoms in total. The number of rotatable bonds is 7. The molecule has 1 rings (SSSR count). The van der Waals surface area contributed by atoms with Crippen LogP contribution in [0, 0.1) is 0 Å². The highest BCUT2D eigenvalue weighted by Crippen LogP contribution is 2.05. The smallest absolute Gasteiger partial charge is 0.213 e. The van der Waals surface area contributed by atoms with Gasteiger partial charge >= 0.3 is 0 Å². The summed E-state index contributed by atoms with van der Waals surface area (Å²) in [6.07, 6.45) is 0. The average molecular weight is 223 g/mol. The van der Waals surface area contributed by atoms with E-state index in [0.29, 0.717) is 5.88 Å². The Morgan fingerprint density at radius 1 is 1.44 bits per heavy atom. The molecule has 0 bridgehead atoms. The minimum absolute atomic E-state index is 0.671. The topological polar surface area (TPSA) is 37.4 Å². The zero-order valence-corrected chi connectivity index (χ0v) is 10.4. The molecule has 0 atom stereocenters. The molecule has 90 valence electrons. The van der Waals surface area contributed by atoms with Gasteiger partial charge in [0, 0.05) is 25.7 Å². The Labute approximate surface area is 97.6 Å². The SMILES string of the molecule is CCN(C)CCNCc1cccc(OC)n1. The van der Waals surface area contributed by atoms with Crippen LogP contribution in [0.25, 0.3) is 0 Å². The van der Waals surface area contributed by atoms with Crippen molar-refractivity contribution in [3.8, 4) is 5.88 Å². The van der Waals surface area contributed by atoms with Gasteiger partial charge in [-0.25, -0.2) is 4.98 Å². The van der Waals surface area contributed by atoms with Gasteiger partial charge in [-0.2, -0.15) is 0 Å². The summed E-state index contributed by atoms with van der Waals surface area (Å²) in [5.41, 5.74) is 1.01. The Kier molecular flexibility index (Phi) is 5.82. The maximum atomic E-state index is 5.07. The van der Waals surface area contributed by atoms with Crippen molar-refractivity contribution < 1.29 is 4.74 Å². The lowest BCUT2D eigenvalue weighted by molar-refractivity contribution is 0.348. The second-order valence-electron chi connectivity index (χ2n) is 3.74. The molecule has 1 aromatic rings. The predicted octanol–water partition coefficient (Wildman–Crippen LogP) is 1.13. The van der Waals surface area contributed by atoms with E-state index in [4.69, 9.17) is 4.74 Å². The van der Waals surface area contributed by atoms with Crippen LogP contribution < -0.4 is 10.1 Å². The summed E-state index contributed by atoms with van der Waals surface area (Å²) in [6, 6.07) is 5.81. The van der Waals surface area contributed by atoms with E-state index in [9.17, 15) is 0 Å². The van der Waals surface area contributed by atoms with Crippen molar-refractivity contribution in [1.29, 1.82) is 0 Å². The Balaban J connectivity index is 2.26. The number of hydrogen-bond donors (Lipinski definition) is 1. The van der Waals surface area contributed by atoms with Crippen molar-refractivity contribution in [2.24, 2.45) is 0 Å². The lowest BCUT2D eigenvalue weighted by Crippen LogP contribution is -2.28. The van der Waals surface area contributed by atoms with Gasteiger partial charge in [-0.1, -0.05) is 13.0 Å². The van der Waals surface area contributed by atoms with Crippen LogP contribution in [0.5, 0.6) is 5.88 Å². The van der Waals surface area contributed by atoms with Crippen LogP contribution in [0.4, 0.5) is 0 Å². The van der Waals surface area contributed by atoms with Crippen molar-refractivity contribution in [3.05, 3.63) is 23.9 Å². The number of pyridine rings is 1. The monoisotopic (exact) mass is 223 g/mol. The molecule has 0 radical (unpaired) electrons. The van der Waals surface area contributed by atoms with Crippen LogP contribution in [-0.4, -0.2) is 43.7 Å². The summed E-state index contributed by atoms with van der Waals surface area (Å²) in [6.45, 7) is 6.06. The summed E-state index contributed by atoms with van der Waals surface area (Å²) in [5.74, 6) is 0.671. The molecule has 4 heteroatoms. The van der Waals surface area contributed by atoms with E-state index in [1.165, 1.54) is 0 Å². The number of methoxy groups -OCH3 is 1. The molecule has 16 heavy (non-hydrogen) atoms. The first-order valence-electron chi connectivity index (χ1n) is 5.65. The minimum Gasteiger partial charge on any atom is -0.481 e. The van der Waals surface area contributed by atoms with E-state index in [1.54, 1.807) is 7.11 Å². The molecular formula is C12H21N3O. The fraction of sp³-hybridized carbons (Fsp3) is 0.583. The van der Waals surface area contributed by atoms with Gasteiger partial charge in [-0.05, 0) is 19.7 Å². The van der Waals surface area contributed by atoms with Gasteiger partial charge in [0.15, 0.2) is 0 Å². The van der Waals surface area contributed by atoms with Gasteiger partial charge in [-0.3, -0.25) is 0 Å². The van der Waals surface area contributed by atoms with Crippen molar-refractivity contribution in [2.45, 2.75) is 13.5 Å². The molecule has 0 aromatic carbocycles. The maximum Gasteiger partial charge on any atom is 0.213 e. The van der Waals surface area contributed by atoms with Gasteiger partial charge in [0.2, 0.25) is 5.88 Å². The van der Waals surface area contributed by atoms with Crippen molar-refractivity contribution in [3.63, 3.8) is 0 Å². The van der Waals surface area contributed by atoms with Crippen LogP contribution >= 0.6 is 0 Å². The van der Waals surface area contributed by atoms with Crippen LogP contribution in [0.2, 0.25) is 0 Å². The number of likely N-dealkylation sites (N-methyl/N-ethyl adjacent to an activating group) is 1. The molecule has 0 fully saturated rings. The molecule has 0 amide bonds.